The molecule has 0 aliphatic carbocycles. The molecule has 0 radical (unpaired) electrons. The van der Waals surface area contributed by atoms with Crippen molar-refractivity contribution in [2.24, 2.45) is 0 Å². The fraction of sp³-hybridized carbons (Fsp3) is 0. The molecular weight excluding hydrogens is 529 g/mol. The quantitative estimate of drug-likeness (QED) is 0.215. The van der Waals surface area contributed by atoms with Gasteiger partial charge in [-0.1, -0.05) is 140 Å². The molecule has 2 N–H and O–H groups in total. The molecule has 0 atom stereocenters. The van der Waals surface area contributed by atoms with Crippen molar-refractivity contribution in [2.45, 2.75) is 0 Å². The van der Waals surface area contributed by atoms with Gasteiger partial charge in [-0.25, -0.2) is 15.0 Å². The largest absolute Gasteiger partial charge is 0.489 e. The fourth-order valence-electron chi connectivity index (χ4n) is 5.30. The number of benzene rings is 6. The maximum Gasteiger partial charge on any atom is 0.489 e. The number of hydrogen-bond donors (Lipinski definition) is 2. The van der Waals surface area contributed by atoms with E-state index in [9.17, 15) is 10.0 Å². The van der Waals surface area contributed by atoms with E-state index in [0.717, 1.165) is 44.2 Å². The third-order valence-corrected chi connectivity index (χ3v) is 7.57. The summed E-state index contributed by atoms with van der Waals surface area (Å²) in [5, 5.41) is 22.6. The summed E-state index contributed by atoms with van der Waals surface area (Å²) in [5.74, 6) is 1.37. The smallest absolute Gasteiger partial charge is 0.423 e. The number of nitrogens with zero attached hydrogens (tertiary/aromatic N) is 3. The molecule has 0 aliphatic heterocycles. The molecule has 0 bridgehead atoms. The van der Waals surface area contributed by atoms with Crippen molar-refractivity contribution >= 4 is 23.4 Å². The summed E-state index contributed by atoms with van der Waals surface area (Å²) < 4.78 is 0. The highest BCUT2D eigenvalue weighted by atomic mass is 16.4. The van der Waals surface area contributed by atoms with Gasteiger partial charge < -0.3 is 10.0 Å². The Balaban J connectivity index is 1.38. The van der Waals surface area contributed by atoms with E-state index in [-0.39, 0.29) is 0 Å². The Morgan fingerprint density at radius 2 is 0.744 bits per heavy atom. The number of rotatable bonds is 6. The van der Waals surface area contributed by atoms with Crippen molar-refractivity contribution < 1.29 is 10.0 Å². The molecule has 0 aliphatic rings. The average Bonchev–Trinajstić information content (AvgIpc) is 3.08. The number of hydrogen-bond acceptors (Lipinski definition) is 5. The van der Waals surface area contributed by atoms with Gasteiger partial charge in [-0.05, 0) is 44.6 Å². The van der Waals surface area contributed by atoms with Crippen LogP contribution in [0.1, 0.15) is 0 Å². The van der Waals surface area contributed by atoms with E-state index in [4.69, 9.17) is 15.0 Å². The van der Waals surface area contributed by atoms with Crippen molar-refractivity contribution in [3.05, 3.63) is 146 Å². The Labute approximate surface area is 250 Å². The van der Waals surface area contributed by atoms with E-state index in [2.05, 4.69) is 48.5 Å². The summed E-state index contributed by atoms with van der Waals surface area (Å²) >= 11 is 0. The van der Waals surface area contributed by atoms with E-state index in [0.29, 0.717) is 28.5 Å². The van der Waals surface area contributed by atoms with Crippen molar-refractivity contribution in [3.63, 3.8) is 0 Å². The van der Waals surface area contributed by atoms with Crippen molar-refractivity contribution in [3.8, 4) is 56.4 Å². The van der Waals surface area contributed by atoms with E-state index >= 15 is 0 Å². The molecule has 43 heavy (non-hydrogen) atoms. The molecule has 6 heteroatoms. The van der Waals surface area contributed by atoms with Crippen LogP contribution in [-0.2, 0) is 0 Å². The first-order valence-electron chi connectivity index (χ1n) is 14.1. The average molecular weight is 555 g/mol. The highest BCUT2D eigenvalue weighted by Gasteiger charge is 2.22. The zero-order chi connectivity index (χ0) is 29.2. The molecule has 204 valence electrons. The lowest BCUT2D eigenvalue weighted by Gasteiger charge is -2.13. The minimum absolute atomic E-state index is 0.334. The normalized spacial score (nSPS) is 11.0. The summed E-state index contributed by atoms with van der Waals surface area (Å²) in [6.07, 6.45) is 0. The SMILES string of the molecule is OB(O)c1cc2ccccc2cc1-c1nc(-c2ccc(-c3ccccc3)cc2)nc(-c2ccc(-c3ccccc3)cc2)n1. The Bertz CT molecular complexity index is 1930. The molecule has 7 aromatic rings. The first-order valence-corrected chi connectivity index (χ1v) is 14.1. The van der Waals surface area contributed by atoms with Crippen molar-refractivity contribution in [1.29, 1.82) is 0 Å². The van der Waals surface area contributed by atoms with Gasteiger partial charge in [0.1, 0.15) is 0 Å². The molecule has 0 unspecified atom stereocenters. The topological polar surface area (TPSA) is 79.1 Å². The van der Waals surface area contributed by atoms with Crippen LogP contribution in [0.3, 0.4) is 0 Å². The van der Waals surface area contributed by atoms with Gasteiger partial charge in [-0.2, -0.15) is 0 Å². The van der Waals surface area contributed by atoms with E-state index < -0.39 is 7.12 Å². The molecule has 1 aromatic heterocycles. The van der Waals surface area contributed by atoms with Gasteiger partial charge in [0, 0.05) is 16.7 Å². The number of aromatic nitrogens is 3. The molecule has 5 nitrogen and oxygen atoms in total. The Hall–Kier alpha value is -5.43. The van der Waals surface area contributed by atoms with Gasteiger partial charge in [-0.3, -0.25) is 0 Å². The summed E-state index contributed by atoms with van der Waals surface area (Å²) in [4.78, 5) is 14.6. The lowest BCUT2D eigenvalue weighted by atomic mass is 9.75. The molecular formula is C37H26BN3O2. The zero-order valence-corrected chi connectivity index (χ0v) is 23.2. The molecule has 7 rings (SSSR count). The first kappa shape index (κ1) is 26.5. The zero-order valence-electron chi connectivity index (χ0n) is 23.2. The Kier molecular flexibility index (Phi) is 7.05. The van der Waals surface area contributed by atoms with Crippen molar-refractivity contribution in [1.82, 2.24) is 15.0 Å². The van der Waals surface area contributed by atoms with Crippen molar-refractivity contribution in [2.75, 3.05) is 0 Å². The second-order valence-corrected chi connectivity index (χ2v) is 10.4. The molecule has 1 heterocycles. The van der Waals surface area contributed by atoms with Crippen LogP contribution >= 0.6 is 0 Å². The third kappa shape index (κ3) is 5.45. The molecule has 0 saturated carbocycles. The summed E-state index contributed by atoms with van der Waals surface area (Å²) in [7, 11) is -1.70. The van der Waals surface area contributed by atoms with Gasteiger partial charge in [0.2, 0.25) is 0 Å². The highest BCUT2D eigenvalue weighted by molar-refractivity contribution is 6.60. The molecule has 0 saturated heterocycles. The second-order valence-electron chi connectivity index (χ2n) is 10.4. The maximum absolute atomic E-state index is 10.4. The van der Waals surface area contributed by atoms with Gasteiger partial charge in [0.05, 0.1) is 0 Å². The summed E-state index contributed by atoms with van der Waals surface area (Å²) in [6, 6.07) is 48.1. The minimum Gasteiger partial charge on any atom is -0.423 e. The third-order valence-electron chi connectivity index (χ3n) is 7.57. The van der Waals surface area contributed by atoms with E-state index in [1.165, 1.54) is 0 Å². The fourth-order valence-corrected chi connectivity index (χ4v) is 5.30. The van der Waals surface area contributed by atoms with Crippen LogP contribution in [0.4, 0.5) is 0 Å². The van der Waals surface area contributed by atoms with Crippen LogP contribution in [-0.4, -0.2) is 32.1 Å². The Morgan fingerprint density at radius 3 is 1.21 bits per heavy atom. The molecule has 0 spiro atoms. The first-order chi connectivity index (χ1) is 21.1. The summed E-state index contributed by atoms with van der Waals surface area (Å²) in [6.45, 7) is 0. The molecule has 0 fully saturated rings. The Morgan fingerprint density at radius 1 is 0.372 bits per heavy atom. The van der Waals surface area contributed by atoms with Gasteiger partial charge in [0.25, 0.3) is 0 Å². The predicted molar refractivity (Wildman–Crippen MR) is 174 cm³/mol. The maximum atomic E-state index is 10.4. The van der Waals surface area contributed by atoms with Crippen LogP contribution in [0.2, 0.25) is 0 Å². The predicted octanol–water partition coefficient (Wildman–Crippen LogP) is 7.04. The minimum atomic E-state index is -1.70. The highest BCUT2D eigenvalue weighted by Crippen LogP contribution is 2.29. The van der Waals surface area contributed by atoms with Crippen LogP contribution in [0.15, 0.2) is 146 Å². The number of fused-ring (bicyclic) bond motifs is 1. The van der Waals surface area contributed by atoms with Gasteiger partial charge >= 0.3 is 7.12 Å². The van der Waals surface area contributed by atoms with E-state index in [1.54, 1.807) is 6.07 Å². The second kappa shape index (κ2) is 11.5. The van der Waals surface area contributed by atoms with Crippen LogP contribution in [0.5, 0.6) is 0 Å². The lowest BCUT2D eigenvalue weighted by molar-refractivity contribution is 0.426. The van der Waals surface area contributed by atoms with E-state index in [1.807, 2.05) is 91.0 Å². The standard InChI is InChI=1S/C37H26BN3O2/c42-38(43)34-24-32-14-8-7-13-31(32)23-33(34)37-40-35(29-19-15-27(16-20-29)25-9-3-1-4-10-25)39-36(41-37)30-21-17-28(18-22-30)26-11-5-2-6-12-26/h1-24,42-43H. The van der Waals surface area contributed by atoms with Crippen LogP contribution < -0.4 is 5.46 Å². The molecule has 6 aromatic carbocycles. The molecule has 0 amide bonds. The van der Waals surface area contributed by atoms with Crippen LogP contribution in [0, 0.1) is 0 Å². The lowest BCUT2D eigenvalue weighted by Crippen LogP contribution is -2.32. The van der Waals surface area contributed by atoms with Gasteiger partial charge in [0.15, 0.2) is 17.5 Å². The monoisotopic (exact) mass is 555 g/mol. The van der Waals surface area contributed by atoms with Gasteiger partial charge in [-0.15, -0.1) is 0 Å². The summed E-state index contributed by atoms with van der Waals surface area (Å²) in [5.41, 5.74) is 6.98. The van der Waals surface area contributed by atoms with Crippen LogP contribution in [0.25, 0.3) is 67.2 Å².